The molecule has 0 amide bonds. The van der Waals surface area contributed by atoms with Crippen LogP contribution in [0.2, 0.25) is 5.02 Å². The topological polar surface area (TPSA) is 55.5 Å². The fourth-order valence-electron chi connectivity index (χ4n) is 1.58. The molecule has 0 heterocycles. The maximum atomic E-state index is 8.86. The van der Waals surface area contributed by atoms with Crippen molar-refractivity contribution < 1.29 is 9.84 Å². The zero-order valence-electron chi connectivity index (χ0n) is 8.96. The van der Waals surface area contributed by atoms with Gasteiger partial charge in [0.25, 0.3) is 0 Å². The second-order valence-electron chi connectivity index (χ2n) is 3.43. The summed E-state index contributed by atoms with van der Waals surface area (Å²) in [7, 11) is 1.59. The molecular weight excluding hydrogens is 214 g/mol. The molecule has 1 aromatic carbocycles. The molecule has 4 heteroatoms. The Labute approximate surface area is 94.8 Å². The second kappa shape index (κ2) is 5.35. The first-order chi connectivity index (χ1) is 7.11. The van der Waals surface area contributed by atoms with E-state index in [1.165, 1.54) is 0 Å². The lowest BCUT2D eigenvalue weighted by Gasteiger charge is -2.18. The van der Waals surface area contributed by atoms with E-state index in [0.717, 1.165) is 11.1 Å². The number of ether oxygens (including phenoxy) is 1. The summed E-state index contributed by atoms with van der Waals surface area (Å²) in [5.74, 6) is 0.712. The van der Waals surface area contributed by atoms with Gasteiger partial charge in [0, 0.05) is 23.2 Å². The summed E-state index contributed by atoms with van der Waals surface area (Å²) >= 11 is 6.07. The van der Waals surface area contributed by atoms with Crippen LogP contribution >= 0.6 is 11.6 Å². The number of methoxy groups -OCH3 is 1. The average molecular weight is 230 g/mol. The van der Waals surface area contributed by atoms with E-state index in [4.69, 9.17) is 27.2 Å². The van der Waals surface area contributed by atoms with Gasteiger partial charge in [-0.15, -0.1) is 0 Å². The van der Waals surface area contributed by atoms with Crippen LogP contribution < -0.4 is 10.5 Å². The molecule has 1 atom stereocenters. The van der Waals surface area contributed by atoms with E-state index >= 15 is 0 Å². The van der Waals surface area contributed by atoms with Crippen LogP contribution in [0.1, 0.15) is 23.6 Å². The van der Waals surface area contributed by atoms with Crippen molar-refractivity contribution in [2.75, 3.05) is 13.7 Å². The molecule has 1 rings (SSSR count). The third-order valence-electron chi connectivity index (χ3n) is 2.35. The highest BCUT2D eigenvalue weighted by Gasteiger charge is 2.17. The predicted octanol–water partition coefficient (Wildman–Crippen LogP) is 2.04. The summed E-state index contributed by atoms with van der Waals surface area (Å²) in [5, 5.41) is 9.44. The molecule has 0 radical (unpaired) electrons. The van der Waals surface area contributed by atoms with E-state index in [0.29, 0.717) is 17.2 Å². The molecule has 0 spiro atoms. The summed E-state index contributed by atoms with van der Waals surface area (Å²) in [6.07, 6.45) is 0.472. The smallest absolute Gasteiger partial charge is 0.128 e. The molecule has 0 aromatic heterocycles. The Kier molecular flexibility index (Phi) is 4.39. The number of hydrogen-bond acceptors (Lipinski definition) is 3. The Bertz CT molecular complexity index is 342. The summed E-state index contributed by atoms with van der Waals surface area (Å²) in [5.41, 5.74) is 7.69. The minimum atomic E-state index is -0.294. The molecule has 0 bridgehead atoms. The Morgan fingerprint density at radius 2 is 2.20 bits per heavy atom. The van der Waals surface area contributed by atoms with E-state index in [1.807, 2.05) is 13.0 Å². The highest BCUT2D eigenvalue weighted by atomic mass is 35.5. The van der Waals surface area contributed by atoms with Crippen molar-refractivity contribution in [3.8, 4) is 5.75 Å². The molecule has 0 aliphatic heterocycles. The molecule has 0 saturated carbocycles. The number of aryl methyl sites for hydroxylation is 1. The van der Waals surface area contributed by atoms with Gasteiger partial charge in [0.05, 0.1) is 7.11 Å². The maximum Gasteiger partial charge on any atom is 0.128 e. The van der Waals surface area contributed by atoms with E-state index in [-0.39, 0.29) is 12.6 Å². The molecule has 0 fully saturated rings. The van der Waals surface area contributed by atoms with Crippen LogP contribution in [0.25, 0.3) is 0 Å². The number of benzene rings is 1. The quantitative estimate of drug-likeness (QED) is 0.831. The predicted molar refractivity (Wildman–Crippen MR) is 61.4 cm³/mol. The van der Waals surface area contributed by atoms with Crippen molar-refractivity contribution in [3.05, 3.63) is 28.3 Å². The molecule has 1 unspecified atom stereocenters. The van der Waals surface area contributed by atoms with Crippen molar-refractivity contribution in [1.29, 1.82) is 0 Å². The molecule has 0 aliphatic rings. The van der Waals surface area contributed by atoms with E-state index < -0.39 is 0 Å². The normalized spacial score (nSPS) is 12.6. The zero-order chi connectivity index (χ0) is 11.4. The Hall–Kier alpha value is -0.770. The number of aliphatic hydroxyl groups excluding tert-OH is 1. The van der Waals surface area contributed by atoms with Gasteiger partial charge >= 0.3 is 0 Å². The Balaban J connectivity index is 3.18. The van der Waals surface area contributed by atoms with Crippen molar-refractivity contribution >= 4 is 11.6 Å². The second-order valence-corrected chi connectivity index (χ2v) is 3.84. The largest absolute Gasteiger partial charge is 0.496 e. The SMILES string of the molecule is COc1c(C)ccc(Cl)c1C(N)CCO. The van der Waals surface area contributed by atoms with Gasteiger partial charge in [0.1, 0.15) is 5.75 Å². The van der Waals surface area contributed by atoms with Gasteiger partial charge in [-0.05, 0) is 25.0 Å². The van der Waals surface area contributed by atoms with E-state index in [9.17, 15) is 0 Å². The van der Waals surface area contributed by atoms with Crippen molar-refractivity contribution in [1.82, 2.24) is 0 Å². The first-order valence-electron chi connectivity index (χ1n) is 4.81. The van der Waals surface area contributed by atoms with Gasteiger partial charge in [-0.3, -0.25) is 0 Å². The highest BCUT2D eigenvalue weighted by molar-refractivity contribution is 6.31. The van der Waals surface area contributed by atoms with Crippen LogP contribution in [0, 0.1) is 6.92 Å². The number of aliphatic hydroxyl groups is 1. The van der Waals surface area contributed by atoms with Gasteiger partial charge in [-0.2, -0.15) is 0 Å². The third kappa shape index (κ3) is 2.62. The third-order valence-corrected chi connectivity index (χ3v) is 2.68. The molecular formula is C11H16ClNO2. The van der Waals surface area contributed by atoms with Crippen molar-refractivity contribution in [2.45, 2.75) is 19.4 Å². The van der Waals surface area contributed by atoms with Gasteiger partial charge in [-0.25, -0.2) is 0 Å². The first kappa shape index (κ1) is 12.3. The van der Waals surface area contributed by atoms with Gasteiger partial charge in [0.15, 0.2) is 0 Å². The number of rotatable bonds is 4. The first-order valence-corrected chi connectivity index (χ1v) is 5.19. The van der Waals surface area contributed by atoms with Crippen LogP contribution in [0.4, 0.5) is 0 Å². The molecule has 84 valence electrons. The van der Waals surface area contributed by atoms with Gasteiger partial charge < -0.3 is 15.6 Å². The Morgan fingerprint density at radius 3 is 2.73 bits per heavy atom. The average Bonchev–Trinajstić information content (AvgIpc) is 2.21. The molecule has 3 N–H and O–H groups in total. The summed E-state index contributed by atoms with van der Waals surface area (Å²) in [6, 6.07) is 3.39. The van der Waals surface area contributed by atoms with Gasteiger partial charge in [-0.1, -0.05) is 17.7 Å². The van der Waals surface area contributed by atoms with Crippen LogP contribution in [-0.4, -0.2) is 18.8 Å². The highest BCUT2D eigenvalue weighted by Crippen LogP contribution is 2.34. The lowest BCUT2D eigenvalue weighted by Crippen LogP contribution is -2.14. The van der Waals surface area contributed by atoms with Crippen LogP contribution in [0.15, 0.2) is 12.1 Å². The maximum absolute atomic E-state index is 8.86. The van der Waals surface area contributed by atoms with E-state index in [2.05, 4.69) is 0 Å². The monoisotopic (exact) mass is 229 g/mol. The number of nitrogens with two attached hydrogens (primary N) is 1. The van der Waals surface area contributed by atoms with Crippen molar-refractivity contribution in [2.24, 2.45) is 5.73 Å². The van der Waals surface area contributed by atoms with Crippen molar-refractivity contribution in [3.63, 3.8) is 0 Å². The lowest BCUT2D eigenvalue weighted by molar-refractivity contribution is 0.275. The fourth-order valence-corrected chi connectivity index (χ4v) is 1.87. The van der Waals surface area contributed by atoms with Gasteiger partial charge in [0.2, 0.25) is 0 Å². The summed E-state index contributed by atoms with van der Waals surface area (Å²) in [4.78, 5) is 0. The lowest BCUT2D eigenvalue weighted by atomic mass is 10.0. The number of hydrogen-bond donors (Lipinski definition) is 2. The fraction of sp³-hybridized carbons (Fsp3) is 0.455. The van der Waals surface area contributed by atoms with E-state index in [1.54, 1.807) is 13.2 Å². The molecule has 15 heavy (non-hydrogen) atoms. The summed E-state index contributed by atoms with van der Waals surface area (Å²) < 4.78 is 5.28. The minimum Gasteiger partial charge on any atom is -0.496 e. The summed E-state index contributed by atoms with van der Waals surface area (Å²) in [6.45, 7) is 1.97. The Morgan fingerprint density at radius 1 is 1.53 bits per heavy atom. The minimum absolute atomic E-state index is 0.0363. The molecule has 3 nitrogen and oxygen atoms in total. The zero-order valence-corrected chi connectivity index (χ0v) is 9.71. The molecule has 1 aromatic rings. The number of halogens is 1. The van der Waals surface area contributed by atoms with Crippen LogP contribution in [0.3, 0.4) is 0 Å². The van der Waals surface area contributed by atoms with Crippen LogP contribution in [-0.2, 0) is 0 Å². The molecule has 0 saturated heterocycles. The standard InChI is InChI=1S/C11H16ClNO2/c1-7-3-4-8(12)10(11(7)15-2)9(13)5-6-14/h3-4,9,14H,5-6,13H2,1-2H3. The molecule has 0 aliphatic carbocycles. The van der Waals surface area contributed by atoms with Crippen LogP contribution in [0.5, 0.6) is 5.75 Å².